The summed E-state index contributed by atoms with van der Waals surface area (Å²) >= 11 is 0. The number of pyridine rings is 1. The van der Waals surface area contributed by atoms with Gasteiger partial charge < -0.3 is 5.11 Å². The Kier molecular flexibility index (Phi) is 3.41. The molecular weight excluding hydrogens is 274 g/mol. The van der Waals surface area contributed by atoms with E-state index in [9.17, 15) is 9.90 Å². The Balaban J connectivity index is 2.47. The number of benzene rings is 2. The highest BCUT2D eigenvalue weighted by molar-refractivity contribution is 6.06. The van der Waals surface area contributed by atoms with E-state index in [1.54, 1.807) is 0 Å². The molecule has 3 rings (SSSR count). The van der Waals surface area contributed by atoms with Crippen LogP contribution >= 0.6 is 0 Å². The van der Waals surface area contributed by atoms with Crippen molar-refractivity contribution in [3.05, 3.63) is 64.7 Å². The lowest BCUT2D eigenvalue weighted by Gasteiger charge is -2.14. The quantitative estimate of drug-likeness (QED) is 0.755. The molecule has 0 atom stereocenters. The van der Waals surface area contributed by atoms with Gasteiger partial charge in [0.2, 0.25) is 0 Å². The normalized spacial score (nSPS) is 10.9. The van der Waals surface area contributed by atoms with Crippen molar-refractivity contribution in [1.82, 2.24) is 4.98 Å². The molecule has 0 aliphatic rings. The third-order valence-electron chi connectivity index (χ3n) is 3.93. The van der Waals surface area contributed by atoms with Crippen LogP contribution in [0.3, 0.4) is 0 Å². The van der Waals surface area contributed by atoms with Crippen molar-refractivity contribution in [2.24, 2.45) is 0 Å². The maximum absolute atomic E-state index is 11.8. The first-order valence-corrected chi connectivity index (χ1v) is 7.19. The average Bonchev–Trinajstić information content (AvgIpc) is 2.47. The largest absolute Gasteiger partial charge is 0.478 e. The Morgan fingerprint density at radius 1 is 1.05 bits per heavy atom. The zero-order chi connectivity index (χ0) is 15.9. The second-order valence-electron chi connectivity index (χ2n) is 5.61. The van der Waals surface area contributed by atoms with Crippen molar-refractivity contribution in [2.75, 3.05) is 0 Å². The van der Waals surface area contributed by atoms with Gasteiger partial charge in [0.1, 0.15) is 0 Å². The second kappa shape index (κ2) is 5.26. The first kappa shape index (κ1) is 14.3. The van der Waals surface area contributed by atoms with Gasteiger partial charge >= 0.3 is 5.97 Å². The van der Waals surface area contributed by atoms with Crippen LogP contribution in [0.25, 0.3) is 22.2 Å². The molecule has 0 unspecified atom stereocenters. The summed E-state index contributed by atoms with van der Waals surface area (Å²) in [5.41, 5.74) is 5.51. The molecule has 0 fully saturated rings. The Morgan fingerprint density at radius 2 is 1.73 bits per heavy atom. The molecular formula is C19H17NO2. The molecule has 3 aromatic rings. The molecule has 110 valence electrons. The SMILES string of the molecule is Cc1cc(C)c2nc(-c3ccccc3)c(C)c(C(=O)O)c2c1. The molecule has 0 saturated heterocycles. The van der Waals surface area contributed by atoms with Crippen molar-refractivity contribution in [3.8, 4) is 11.3 Å². The Bertz CT molecular complexity index is 883. The van der Waals surface area contributed by atoms with E-state index in [0.29, 0.717) is 16.5 Å². The summed E-state index contributed by atoms with van der Waals surface area (Å²) in [5.74, 6) is -0.910. The second-order valence-corrected chi connectivity index (χ2v) is 5.61. The smallest absolute Gasteiger partial charge is 0.336 e. The van der Waals surface area contributed by atoms with Gasteiger partial charge in [-0.3, -0.25) is 0 Å². The lowest BCUT2D eigenvalue weighted by Crippen LogP contribution is -2.06. The van der Waals surface area contributed by atoms with Gasteiger partial charge in [-0.05, 0) is 38.0 Å². The van der Waals surface area contributed by atoms with Gasteiger partial charge in [0.05, 0.1) is 16.8 Å². The number of aromatic nitrogens is 1. The van der Waals surface area contributed by atoms with E-state index in [4.69, 9.17) is 4.98 Å². The van der Waals surface area contributed by atoms with E-state index in [0.717, 1.165) is 27.9 Å². The highest BCUT2D eigenvalue weighted by Crippen LogP contribution is 2.31. The Morgan fingerprint density at radius 3 is 2.36 bits per heavy atom. The maximum Gasteiger partial charge on any atom is 0.336 e. The zero-order valence-electron chi connectivity index (χ0n) is 12.8. The number of aromatic carboxylic acids is 1. The van der Waals surface area contributed by atoms with Gasteiger partial charge in [0.15, 0.2) is 0 Å². The Hall–Kier alpha value is -2.68. The maximum atomic E-state index is 11.8. The number of nitrogens with zero attached hydrogens (tertiary/aromatic N) is 1. The number of hydrogen-bond acceptors (Lipinski definition) is 2. The third-order valence-corrected chi connectivity index (χ3v) is 3.93. The lowest BCUT2D eigenvalue weighted by atomic mass is 9.95. The molecule has 0 bridgehead atoms. The van der Waals surface area contributed by atoms with Gasteiger partial charge in [-0.15, -0.1) is 0 Å². The van der Waals surface area contributed by atoms with Crippen LogP contribution in [0.5, 0.6) is 0 Å². The van der Waals surface area contributed by atoms with E-state index < -0.39 is 5.97 Å². The van der Waals surface area contributed by atoms with E-state index >= 15 is 0 Å². The predicted molar refractivity (Wildman–Crippen MR) is 88.3 cm³/mol. The Labute approximate surface area is 129 Å². The van der Waals surface area contributed by atoms with Crippen LogP contribution in [0.2, 0.25) is 0 Å². The third kappa shape index (κ3) is 2.25. The summed E-state index contributed by atoms with van der Waals surface area (Å²) in [7, 11) is 0. The standard InChI is InChI=1S/C19H17NO2/c1-11-9-12(2)17-15(10-11)16(19(21)22)13(3)18(20-17)14-7-5-4-6-8-14/h4-10H,1-3H3,(H,21,22). The summed E-state index contributed by atoms with van der Waals surface area (Å²) in [6.07, 6.45) is 0. The van der Waals surface area contributed by atoms with Crippen LogP contribution in [-0.4, -0.2) is 16.1 Å². The topological polar surface area (TPSA) is 50.2 Å². The van der Waals surface area contributed by atoms with Gasteiger partial charge in [-0.1, -0.05) is 42.0 Å². The van der Waals surface area contributed by atoms with Crippen LogP contribution in [0, 0.1) is 20.8 Å². The number of hydrogen-bond donors (Lipinski definition) is 1. The fourth-order valence-corrected chi connectivity index (χ4v) is 2.97. The highest BCUT2D eigenvalue weighted by Gasteiger charge is 2.19. The minimum absolute atomic E-state index is 0.343. The van der Waals surface area contributed by atoms with Crippen molar-refractivity contribution in [3.63, 3.8) is 0 Å². The monoisotopic (exact) mass is 291 g/mol. The lowest BCUT2D eigenvalue weighted by molar-refractivity contribution is 0.0698. The number of carboxylic acid groups (broad SMARTS) is 1. The fraction of sp³-hybridized carbons (Fsp3) is 0.158. The molecule has 1 aromatic heterocycles. The van der Waals surface area contributed by atoms with Crippen molar-refractivity contribution in [2.45, 2.75) is 20.8 Å². The molecule has 0 aliphatic heterocycles. The van der Waals surface area contributed by atoms with Crippen LogP contribution in [-0.2, 0) is 0 Å². The molecule has 0 spiro atoms. The number of carboxylic acids is 1. The minimum atomic E-state index is -0.910. The summed E-state index contributed by atoms with van der Waals surface area (Å²) in [6.45, 7) is 5.77. The molecule has 2 aromatic carbocycles. The molecule has 0 saturated carbocycles. The summed E-state index contributed by atoms with van der Waals surface area (Å²) in [4.78, 5) is 16.6. The molecule has 3 heteroatoms. The van der Waals surface area contributed by atoms with Crippen LogP contribution in [0.15, 0.2) is 42.5 Å². The first-order chi connectivity index (χ1) is 10.5. The molecule has 1 N–H and O–H groups in total. The molecule has 22 heavy (non-hydrogen) atoms. The van der Waals surface area contributed by atoms with E-state index in [1.165, 1.54) is 0 Å². The molecule has 1 heterocycles. The first-order valence-electron chi connectivity index (χ1n) is 7.19. The van der Waals surface area contributed by atoms with Gasteiger partial charge in [0.25, 0.3) is 0 Å². The van der Waals surface area contributed by atoms with E-state index in [1.807, 2.05) is 63.2 Å². The van der Waals surface area contributed by atoms with Gasteiger partial charge in [-0.2, -0.15) is 0 Å². The van der Waals surface area contributed by atoms with Crippen LogP contribution in [0.4, 0.5) is 0 Å². The number of aryl methyl sites for hydroxylation is 2. The minimum Gasteiger partial charge on any atom is -0.478 e. The predicted octanol–water partition coefficient (Wildman–Crippen LogP) is 4.53. The van der Waals surface area contributed by atoms with Gasteiger partial charge in [-0.25, -0.2) is 9.78 Å². The average molecular weight is 291 g/mol. The van der Waals surface area contributed by atoms with Crippen molar-refractivity contribution >= 4 is 16.9 Å². The van der Waals surface area contributed by atoms with Crippen LogP contribution < -0.4 is 0 Å². The van der Waals surface area contributed by atoms with Crippen molar-refractivity contribution in [1.29, 1.82) is 0 Å². The molecule has 0 amide bonds. The summed E-state index contributed by atoms with van der Waals surface area (Å²) in [6, 6.07) is 13.6. The number of rotatable bonds is 2. The molecule has 3 nitrogen and oxygen atoms in total. The van der Waals surface area contributed by atoms with Crippen LogP contribution in [0.1, 0.15) is 27.0 Å². The number of carbonyl (C=O) groups is 1. The fourth-order valence-electron chi connectivity index (χ4n) is 2.97. The molecule has 0 radical (unpaired) electrons. The zero-order valence-corrected chi connectivity index (χ0v) is 12.8. The van der Waals surface area contributed by atoms with Crippen molar-refractivity contribution < 1.29 is 9.90 Å². The highest BCUT2D eigenvalue weighted by atomic mass is 16.4. The summed E-state index contributed by atoms with van der Waals surface area (Å²) in [5, 5.41) is 10.4. The molecule has 0 aliphatic carbocycles. The summed E-state index contributed by atoms with van der Waals surface area (Å²) < 4.78 is 0. The van der Waals surface area contributed by atoms with E-state index in [2.05, 4.69) is 0 Å². The van der Waals surface area contributed by atoms with Gasteiger partial charge in [0, 0.05) is 10.9 Å². The number of fused-ring (bicyclic) bond motifs is 1. The van der Waals surface area contributed by atoms with E-state index in [-0.39, 0.29) is 0 Å².